The zero-order chi connectivity index (χ0) is 16.8. The number of carbonyl (C=O) groups excluding carboxylic acids is 2. The van der Waals surface area contributed by atoms with Crippen molar-refractivity contribution in [2.45, 2.75) is 24.6 Å². The summed E-state index contributed by atoms with van der Waals surface area (Å²) in [6, 6.07) is 6.81. The number of ether oxygens (including phenoxy) is 1. The fourth-order valence-corrected chi connectivity index (χ4v) is 3.29. The molecule has 8 heteroatoms. The Hall–Kier alpha value is -1.57. The number of carbonyl (C=O) groups is 2. The molecular formula is C15H18ClN3O3S. The Labute approximate surface area is 144 Å². The van der Waals surface area contributed by atoms with Crippen molar-refractivity contribution in [3.8, 4) is 0 Å². The normalized spacial score (nSPS) is 20.4. The van der Waals surface area contributed by atoms with E-state index in [1.54, 1.807) is 31.4 Å². The number of methoxy groups -OCH3 is 1. The van der Waals surface area contributed by atoms with Crippen molar-refractivity contribution in [3.63, 3.8) is 0 Å². The molecule has 2 rings (SSSR count). The minimum atomic E-state index is -0.484. The van der Waals surface area contributed by atoms with Crippen LogP contribution in [0.25, 0.3) is 0 Å². The first-order valence-electron chi connectivity index (χ1n) is 7.07. The number of nitrogens with one attached hydrogen (secondary N) is 2. The van der Waals surface area contributed by atoms with Gasteiger partial charge in [-0.25, -0.2) is 0 Å². The number of amides is 2. The van der Waals surface area contributed by atoms with Gasteiger partial charge in [0.1, 0.15) is 5.25 Å². The van der Waals surface area contributed by atoms with Gasteiger partial charge >= 0.3 is 0 Å². The van der Waals surface area contributed by atoms with Crippen LogP contribution in [0.2, 0.25) is 5.02 Å². The number of rotatable bonds is 6. The smallest absolute Gasteiger partial charge is 0.240 e. The summed E-state index contributed by atoms with van der Waals surface area (Å²) in [7, 11) is 1.60. The highest BCUT2D eigenvalue weighted by Crippen LogP contribution is 2.24. The lowest BCUT2D eigenvalue weighted by Crippen LogP contribution is -2.28. The van der Waals surface area contributed by atoms with E-state index in [-0.39, 0.29) is 24.3 Å². The SMILES string of the molecule is COCC(C)N=C1NC(=O)C(CC(=O)Nc2cccc(Cl)c2)S1. The van der Waals surface area contributed by atoms with E-state index < -0.39 is 5.25 Å². The van der Waals surface area contributed by atoms with E-state index in [0.29, 0.717) is 22.5 Å². The number of hydrogen-bond donors (Lipinski definition) is 2. The van der Waals surface area contributed by atoms with Crippen LogP contribution in [0.3, 0.4) is 0 Å². The van der Waals surface area contributed by atoms with E-state index in [2.05, 4.69) is 15.6 Å². The number of nitrogens with zero attached hydrogens (tertiary/aromatic N) is 1. The standard InChI is InChI=1S/C15H18ClN3O3S/c1-9(8-22-2)17-15-19-14(21)12(23-15)7-13(20)18-11-5-3-4-10(16)6-11/h3-6,9,12H,7-8H2,1-2H3,(H,18,20)(H,17,19,21). The zero-order valence-electron chi connectivity index (χ0n) is 12.8. The molecule has 23 heavy (non-hydrogen) atoms. The fraction of sp³-hybridized carbons (Fsp3) is 0.400. The maximum Gasteiger partial charge on any atom is 0.240 e. The lowest BCUT2D eigenvalue weighted by Gasteiger charge is -2.07. The molecule has 2 amide bonds. The van der Waals surface area contributed by atoms with Crippen LogP contribution >= 0.6 is 23.4 Å². The molecule has 0 bridgehead atoms. The van der Waals surface area contributed by atoms with E-state index in [9.17, 15) is 9.59 Å². The minimum absolute atomic E-state index is 0.0539. The second-order valence-corrected chi connectivity index (χ2v) is 6.72. The van der Waals surface area contributed by atoms with E-state index in [1.165, 1.54) is 11.8 Å². The van der Waals surface area contributed by atoms with Crippen LogP contribution in [-0.2, 0) is 14.3 Å². The van der Waals surface area contributed by atoms with Gasteiger partial charge in [-0.2, -0.15) is 0 Å². The molecule has 0 radical (unpaired) electrons. The van der Waals surface area contributed by atoms with Crippen LogP contribution in [0.15, 0.2) is 29.3 Å². The molecule has 1 aliphatic rings. The Morgan fingerprint density at radius 1 is 1.57 bits per heavy atom. The molecular weight excluding hydrogens is 338 g/mol. The summed E-state index contributed by atoms with van der Waals surface area (Å²) in [5.74, 6) is -0.453. The number of amidine groups is 1. The molecule has 0 aliphatic carbocycles. The Morgan fingerprint density at radius 2 is 2.35 bits per heavy atom. The third kappa shape index (κ3) is 5.53. The lowest BCUT2D eigenvalue weighted by molar-refractivity contribution is -0.122. The van der Waals surface area contributed by atoms with Crippen molar-refractivity contribution in [1.29, 1.82) is 0 Å². The molecule has 2 atom stereocenters. The van der Waals surface area contributed by atoms with Gasteiger partial charge in [0.2, 0.25) is 11.8 Å². The maximum atomic E-state index is 12.0. The molecule has 6 nitrogen and oxygen atoms in total. The quantitative estimate of drug-likeness (QED) is 0.820. The lowest BCUT2D eigenvalue weighted by atomic mass is 10.2. The number of anilines is 1. The Kier molecular flexibility index (Phi) is 6.44. The molecule has 0 saturated carbocycles. The predicted octanol–water partition coefficient (Wildman–Crippen LogP) is 2.29. The Bertz CT molecular complexity index is 624. The van der Waals surface area contributed by atoms with Gasteiger partial charge in [0.05, 0.1) is 12.6 Å². The van der Waals surface area contributed by atoms with Crippen molar-refractivity contribution in [2.24, 2.45) is 4.99 Å². The van der Waals surface area contributed by atoms with Crippen LogP contribution in [-0.4, -0.2) is 42.0 Å². The number of halogens is 1. The van der Waals surface area contributed by atoms with Crippen LogP contribution in [0.1, 0.15) is 13.3 Å². The van der Waals surface area contributed by atoms with Gasteiger partial charge in [-0.1, -0.05) is 29.4 Å². The summed E-state index contributed by atoms with van der Waals surface area (Å²) >= 11 is 7.13. The number of aliphatic imine (C=N–C) groups is 1. The molecule has 0 spiro atoms. The third-order valence-electron chi connectivity index (χ3n) is 3.00. The molecule has 0 aromatic heterocycles. The molecule has 1 fully saturated rings. The van der Waals surface area contributed by atoms with E-state index in [0.717, 1.165) is 0 Å². The van der Waals surface area contributed by atoms with Crippen molar-refractivity contribution in [1.82, 2.24) is 5.32 Å². The summed E-state index contributed by atoms with van der Waals surface area (Å²) in [6.45, 7) is 2.36. The van der Waals surface area contributed by atoms with Gasteiger partial charge in [-0.15, -0.1) is 0 Å². The van der Waals surface area contributed by atoms with E-state index in [1.807, 2.05) is 6.92 Å². The second kappa shape index (κ2) is 8.33. The van der Waals surface area contributed by atoms with Gasteiger partial charge in [0.25, 0.3) is 0 Å². The largest absolute Gasteiger partial charge is 0.382 e. The van der Waals surface area contributed by atoms with Crippen molar-refractivity contribution in [3.05, 3.63) is 29.3 Å². The fourth-order valence-electron chi connectivity index (χ4n) is 2.03. The number of thioether (sulfide) groups is 1. The average molecular weight is 356 g/mol. The van der Waals surface area contributed by atoms with Crippen molar-refractivity contribution < 1.29 is 14.3 Å². The Morgan fingerprint density at radius 3 is 3.04 bits per heavy atom. The first kappa shape index (κ1) is 17.8. The molecule has 1 heterocycles. The molecule has 1 aromatic rings. The molecule has 2 unspecified atom stereocenters. The minimum Gasteiger partial charge on any atom is -0.382 e. The summed E-state index contributed by atoms with van der Waals surface area (Å²) in [4.78, 5) is 28.3. The predicted molar refractivity (Wildman–Crippen MR) is 93.0 cm³/mol. The highest BCUT2D eigenvalue weighted by molar-refractivity contribution is 8.15. The molecule has 2 N–H and O–H groups in total. The van der Waals surface area contributed by atoms with E-state index >= 15 is 0 Å². The average Bonchev–Trinajstić information content (AvgIpc) is 2.78. The Balaban J connectivity index is 1.90. The van der Waals surface area contributed by atoms with Crippen LogP contribution in [0.4, 0.5) is 5.69 Å². The highest BCUT2D eigenvalue weighted by atomic mass is 35.5. The van der Waals surface area contributed by atoms with Crippen molar-refractivity contribution in [2.75, 3.05) is 19.0 Å². The van der Waals surface area contributed by atoms with Crippen LogP contribution < -0.4 is 10.6 Å². The third-order valence-corrected chi connectivity index (χ3v) is 4.33. The monoisotopic (exact) mass is 355 g/mol. The van der Waals surface area contributed by atoms with Crippen LogP contribution in [0, 0.1) is 0 Å². The highest BCUT2D eigenvalue weighted by Gasteiger charge is 2.32. The van der Waals surface area contributed by atoms with Gasteiger partial charge in [-0.3, -0.25) is 14.6 Å². The summed E-state index contributed by atoms with van der Waals surface area (Å²) in [6.07, 6.45) is 0.0701. The summed E-state index contributed by atoms with van der Waals surface area (Å²) < 4.78 is 5.00. The van der Waals surface area contributed by atoms with Gasteiger partial charge in [0.15, 0.2) is 5.17 Å². The van der Waals surface area contributed by atoms with Gasteiger partial charge in [-0.05, 0) is 25.1 Å². The first-order chi connectivity index (χ1) is 11.0. The van der Waals surface area contributed by atoms with Gasteiger partial charge in [0, 0.05) is 24.2 Å². The molecule has 1 saturated heterocycles. The van der Waals surface area contributed by atoms with E-state index in [4.69, 9.17) is 16.3 Å². The zero-order valence-corrected chi connectivity index (χ0v) is 14.4. The van der Waals surface area contributed by atoms with Crippen molar-refractivity contribution >= 4 is 46.0 Å². The second-order valence-electron chi connectivity index (χ2n) is 5.10. The van der Waals surface area contributed by atoms with Gasteiger partial charge < -0.3 is 15.4 Å². The molecule has 124 valence electrons. The summed E-state index contributed by atoms with van der Waals surface area (Å²) in [5.41, 5.74) is 0.605. The topological polar surface area (TPSA) is 79.8 Å². The number of benzene rings is 1. The summed E-state index contributed by atoms with van der Waals surface area (Å²) in [5, 5.41) is 6.00. The van der Waals surface area contributed by atoms with Crippen LogP contribution in [0.5, 0.6) is 0 Å². The molecule has 1 aromatic carbocycles. The maximum absolute atomic E-state index is 12.0. The first-order valence-corrected chi connectivity index (χ1v) is 8.33. The molecule has 1 aliphatic heterocycles. The number of hydrogen-bond acceptors (Lipinski definition) is 5.